The Hall–Kier alpha value is -1.89. The average molecular weight is 368 g/mol. The van der Waals surface area contributed by atoms with E-state index in [1.165, 1.54) is 0 Å². The zero-order valence-corrected chi connectivity index (χ0v) is 16.9. The molecular weight excluding hydrogens is 339 g/mol. The van der Waals surface area contributed by atoms with Crippen molar-refractivity contribution in [3.8, 4) is 5.75 Å². The molecule has 0 unspecified atom stereocenters. The van der Waals surface area contributed by atoms with E-state index < -0.39 is 0 Å². The molecule has 144 valence electrons. The van der Waals surface area contributed by atoms with Crippen molar-refractivity contribution in [1.82, 2.24) is 9.88 Å². The second-order valence-electron chi connectivity index (χ2n) is 8.07. The van der Waals surface area contributed by atoms with Gasteiger partial charge in [-0.15, -0.1) is 0 Å². The van der Waals surface area contributed by atoms with Gasteiger partial charge in [-0.05, 0) is 64.5 Å². The summed E-state index contributed by atoms with van der Waals surface area (Å²) < 4.78 is 18.2. The van der Waals surface area contributed by atoms with Crippen LogP contribution in [-0.2, 0) is 15.9 Å². The highest BCUT2D eigenvalue weighted by molar-refractivity contribution is 6.62. The Labute approximate surface area is 162 Å². The van der Waals surface area contributed by atoms with Crippen molar-refractivity contribution in [3.05, 3.63) is 54.4 Å². The molecule has 0 spiro atoms. The predicted octanol–water partition coefficient (Wildman–Crippen LogP) is 2.89. The lowest BCUT2D eigenvalue weighted by molar-refractivity contribution is 0.00578. The number of benzene rings is 1. The number of likely N-dealkylation sites (N-methyl/N-ethyl adjacent to an activating group) is 1. The van der Waals surface area contributed by atoms with Gasteiger partial charge in [0.2, 0.25) is 0 Å². The molecule has 1 aromatic heterocycles. The molecule has 0 amide bonds. The highest BCUT2D eigenvalue weighted by atomic mass is 16.7. The first-order chi connectivity index (χ1) is 12.8. The topological polar surface area (TPSA) is 43.8 Å². The van der Waals surface area contributed by atoms with Gasteiger partial charge in [0.05, 0.1) is 16.9 Å². The van der Waals surface area contributed by atoms with Crippen LogP contribution in [0.1, 0.15) is 33.4 Å². The minimum atomic E-state index is -0.370. The summed E-state index contributed by atoms with van der Waals surface area (Å²) in [5.41, 5.74) is 1.35. The summed E-state index contributed by atoms with van der Waals surface area (Å²) in [6.45, 7) is 10.5. The van der Waals surface area contributed by atoms with Gasteiger partial charge < -0.3 is 14.0 Å². The van der Waals surface area contributed by atoms with E-state index in [9.17, 15) is 0 Å². The number of hydrogen-bond donors (Lipinski definition) is 0. The summed E-state index contributed by atoms with van der Waals surface area (Å²) in [5, 5.41) is 0. The van der Waals surface area contributed by atoms with E-state index in [1.54, 1.807) is 0 Å². The molecule has 1 aliphatic rings. The van der Waals surface area contributed by atoms with Crippen LogP contribution in [0.25, 0.3) is 0 Å². The fraction of sp³-hybridized carbons (Fsp3) is 0.476. The molecule has 0 radical (unpaired) electrons. The van der Waals surface area contributed by atoms with Gasteiger partial charge in [-0.25, -0.2) is 0 Å². The van der Waals surface area contributed by atoms with E-state index in [0.29, 0.717) is 6.61 Å². The van der Waals surface area contributed by atoms with Crippen LogP contribution >= 0.6 is 0 Å². The summed E-state index contributed by atoms with van der Waals surface area (Å²) in [4.78, 5) is 6.55. The molecular formula is C21H29BN2O3. The maximum atomic E-state index is 6.12. The Morgan fingerprint density at radius 1 is 1.04 bits per heavy atom. The van der Waals surface area contributed by atoms with Gasteiger partial charge in [-0.2, -0.15) is 0 Å². The van der Waals surface area contributed by atoms with Crippen molar-refractivity contribution < 1.29 is 14.0 Å². The Morgan fingerprint density at radius 2 is 1.78 bits per heavy atom. The Balaban J connectivity index is 1.53. The van der Waals surface area contributed by atoms with Crippen molar-refractivity contribution in [3.63, 3.8) is 0 Å². The summed E-state index contributed by atoms with van der Waals surface area (Å²) in [7, 11) is 1.70. The van der Waals surface area contributed by atoms with Gasteiger partial charge in [0.25, 0.3) is 0 Å². The predicted molar refractivity (Wildman–Crippen MR) is 108 cm³/mol. The molecule has 1 saturated heterocycles. The van der Waals surface area contributed by atoms with E-state index >= 15 is 0 Å². The Morgan fingerprint density at radius 3 is 2.44 bits per heavy atom. The molecule has 5 nitrogen and oxygen atoms in total. The third-order valence-corrected chi connectivity index (χ3v) is 5.28. The fourth-order valence-corrected chi connectivity index (χ4v) is 2.90. The SMILES string of the molecule is CN(CCOc1cccc(B2OC(C)(C)C(C)(C)O2)c1)Cc1ccccn1. The second-order valence-corrected chi connectivity index (χ2v) is 8.07. The van der Waals surface area contributed by atoms with Gasteiger partial charge in [-0.3, -0.25) is 9.88 Å². The highest BCUT2D eigenvalue weighted by Gasteiger charge is 2.51. The zero-order valence-electron chi connectivity index (χ0n) is 16.9. The van der Waals surface area contributed by atoms with Crippen LogP contribution in [0.5, 0.6) is 5.75 Å². The average Bonchev–Trinajstić information content (AvgIpc) is 2.84. The van der Waals surface area contributed by atoms with E-state index in [4.69, 9.17) is 14.0 Å². The third-order valence-electron chi connectivity index (χ3n) is 5.28. The summed E-state index contributed by atoms with van der Waals surface area (Å²) >= 11 is 0. The molecule has 27 heavy (non-hydrogen) atoms. The second kappa shape index (κ2) is 8.01. The van der Waals surface area contributed by atoms with Gasteiger partial charge in [0.1, 0.15) is 12.4 Å². The van der Waals surface area contributed by atoms with Gasteiger partial charge >= 0.3 is 7.12 Å². The normalized spacial score (nSPS) is 18.1. The highest BCUT2D eigenvalue weighted by Crippen LogP contribution is 2.36. The number of nitrogens with zero attached hydrogens (tertiary/aromatic N) is 2. The largest absolute Gasteiger partial charge is 0.494 e. The molecule has 3 rings (SSSR count). The van der Waals surface area contributed by atoms with Crippen molar-refractivity contribution in [2.45, 2.75) is 45.4 Å². The summed E-state index contributed by atoms with van der Waals surface area (Å²) in [5.74, 6) is 0.827. The number of pyridine rings is 1. The van der Waals surface area contributed by atoms with Crippen LogP contribution in [0.3, 0.4) is 0 Å². The van der Waals surface area contributed by atoms with Crippen molar-refractivity contribution in [2.24, 2.45) is 0 Å². The van der Waals surface area contributed by atoms with E-state index in [0.717, 1.165) is 30.0 Å². The monoisotopic (exact) mass is 368 g/mol. The van der Waals surface area contributed by atoms with Crippen LogP contribution < -0.4 is 10.2 Å². The fourth-order valence-electron chi connectivity index (χ4n) is 2.90. The van der Waals surface area contributed by atoms with Crippen molar-refractivity contribution >= 4 is 12.6 Å². The van der Waals surface area contributed by atoms with Crippen LogP contribution in [0.15, 0.2) is 48.7 Å². The molecule has 6 heteroatoms. The smallest absolute Gasteiger partial charge is 0.492 e. The maximum absolute atomic E-state index is 6.12. The van der Waals surface area contributed by atoms with Crippen molar-refractivity contribution in [1.29, 1.82) is 0 Å². The number of aromatic nitrogens is 1. The first-order valence-corrected chi connectivity index (χ1v) is 9.44. The van der Waals surface area contributed by atoms with Gasteiger partial charge in [0.15, 0.2) is 0 Å². The van der Waals surface area contributed by atoms with E-state index in [1.807, 2.05) is 48.7 Å². The summed E-state index contributed by atoms with van der Waals surface area (Å²) in [6, 6.07) is 13.9. The third kappa shape index (κ3) is 4.89. The zero-order chi connectivity index (χ0) is 19.5. The number of rotatable bonds is 7. The van der Waals surface area contributed by atoms with Gasteiger partial charge in [-0.1, -0.05) is 18.2 Å². The van der Waals surface area contributed by atoms with Crippen LogP contribution in [0, 0.1) is 0 Å². The lowest BCUT2D eigenvalue weighted by atomic mass is 9.79. The van der Waals surface area contributed by atoms with Crippen molar-refractivity contribution in [2.75, 3.05) is 20.2 Å². The number of hydrogen-bond acceptors (Lipinski definition) is 5. The summed E-state index contributed by atoms with van der Waals surface area (Å²) in [6.07, 6.45) is 1.82. The lowest BCUT2D eigenvalue weighted by Gasteiger charge is -2.32. The molecule has 1 aromatic carbocycles. The van der Waals surface area contributed by atoms with Crippen LogP contribution in [0.2, 0.25) is 0 Å². The minimum Gasteiger partial charge on any atom is -0.492 e. The molecule has 2 heterocycles. The maximum Gasteiger partial charge on any atom is 0.494 e. The Kier molecular flexibility index (Phi) is 5.89. The quantitative estimate of drug-likeness (QED) is 0.704. The standard InChI is InChI=1S/C21H29BN2O3/c1-20(2)21(3,4)27-22(26-20)17-9-8-11-19(15-17)25-14-13-24(5)16-18-10-6-7-12-23-18/h6-12,15H,13-14,16H2,1-5H3. The molecule has 0 bridgehead atoms. The molecule has 1 aliphatic heterocycles. The van der Waals surface area contributed by atoms with E-state index in [-0.39, 0.29) is 18.3 Å². The lowest BCUT2D eigenvalue weighted by Crippen LogP contribution is -2.41. The molecule has 2 aromatic rings. The van der Waals surface area contributed by atoms with Gasteiger partial charge in [0, 0.05) is 19.3 Å². The molecule has 0 saturated carbocycles. The molecule has 0 aliphatic carbocycles. The first-order valence-electron chi connectivity index (χ1n) is 9.44. The number of ether oxygens (including phenoxy) is 1. The minimum absolute atomic E-state index is 0.345. The Bertz CT molecular complexity index is 736. The first kappa shape index (κ1) is 19.9. The van der Waals surface area contributed by atoms with Crippen LogP contribution in [-0.4, -0.2) is 48.4 Å². The molecule has 0 atom stereocenters. The molecule has 0 N–H and O–H groups in total. The molecule has 1 fully saturated rings. The van der Waals surface area contributed by atoms with E-state index in [2.05, 4.69) is 44.6 Å². The van der Waals surface area contributed by atoms with Crippen LogP contribution in [0.4, 0.5) is 0 Å².